The summed E-state index contributed by atoms with van der Waals surface area (Å²) in [6.45, 7) is 2.14. The summed E-state index contributed by atoms with van der Waals surface area (Å²) in [5.74, 6) is 1.23. The Hall–Kier alpha value is -2.30. The van der Waals surface area contributed by atoms with Gasteiger partial charge in [-0.05, 0) is 31.0 Å². The molecule has 0 spiro atoms. The van der Waals surface area contributed by atoms with Crippen LogP contribution in [0.15, 0.2) is 34.9 Å². The molecular weight excluding hydrogens is 242 g/mol. The minimum absolute atomic E-state index is 0.0294. The zero-order chi connectivity index (χ0) is 13.7. The third kappa shape index (κ3) is 4.13. The van der Waals surface area contributed by atoms with Crippen LogP contribution in [0.2, 0.25) is 0 Å². The molecule has 3 N–H and O–H groups in total. The lowest BCUT2D eigenvalue weighted by Gasteiger charge is -2.04. The Bertz CT molecular complexity index is 563. The highest BCUT2D eigenvalue weighted by atomic mass is 16.4. The third-order valence-corrected chi connectivity index (χ3v) is 2.70. The predicted octanol–water partition coefficient (Wildman–Crippen LogP) is 1.81. The van der Waals surface area contributed by atoms with E-state index in [1.807, 2.05) is 31.2 Å². The summed E-state index contributed by atoms with van der Waals surface area (Å²) in [4.78, 5) is 15.7. The average molecular weight is 259 g/mol. The summed E-state index contributed by atoms with van der Waals surface area (Å²) in [5, 5.41) is 2.77. The van der Waals surface area contributed by atoms with Gasteiger partial charge in [0.05, 0.1) is 12.7 Å². The Morgan fingerprint density at radius 3 is 3.00 bits per heavy atom. The summed E-state index contributed by atoms with van der Waals surface area (Å²) >= 11 is 0. The maximum atomic E-state index is 11.7. The second kappa shape index (κ2) is 6.04. The number of carbonyl (C=O) groups excluding carboxylic acids is 1. The highest BCUT2D eigenvalue weighted by Crippen LogP contribution is 2.08. The van der Waals surface area contributed by atoms with E-state index in [-0.39, 0.29) is 5.91 Å². The molecule has 0 fully saturated rings. The van der Waals surface area contributed by atoms with Gasteiger partial charge in [-0.1, -0.05) is 12.1 Å². The number of oxazole rings is 1. The molecular formula is C14H17N3O2. The monoisotopic (exact) mass is 259 g/mol. The number of carbonyl (C=O) groups is 1. The Labute approximate surface area is 111 Å². The SMILES string of the molecule is Cc1cnc(CNC(=O)CCc2cccc(N)c2)o1. The summed E-state index contributed by atoms with van der Waals surface area (Å²) in [7, 11) is 0. The van der Waals surface area contributed by atoms with Gasteiger partial charge in [0.15, 0.2) is 0 Å². The highest BCUT2D eigenvalue weighted by molar-refractivity contribution is 5.76. The van der Waals surface area contributed by atoms with E-state index >= 15 is 0 Å². The molecule has 0 aliphatic carbocycles. The summed E-state index contributed by atoms with van der Waals surface area (Å²) in [6, 6.07) is 7.55. The first-order valence-corrected chi connectivity index (χ1v) is 6.16. The fourth-order valence-electron chi connectivity index (χ4n) is 1.75. The van der Waals surface area contributed by atoms with Crippen molar-refractivity contribution in [1.29, 1.82) is 0 Å². The number of aromatic nitrogens is 1. The fourth-order valence-corrected chi connectivity index (χ4v) is 1.75. The van der Waals surface area contributed by atoms with E-state index in [9.17, 15) is 4.79 Å². The Morgan fingerprint density at radius 2 is 2.32 bits per heavy atom. The van der Waals surface area contributed by atoms with Crippen LogP contribution in [0.4, 0.5) is 5.69 Å². The minimum Gasteiger partial charge on any atom is -0.444 e. The lowest BCUT2D eigenvalue weighted by molar-refractivity contribution is -0.121. The van der Waals surface area contributed by atoms with Gasteiger partial charge in [0, 0.05) is 12.1 Å². The summed E-state index contributed by atoms with van der Waals surface area (Å²) < 4.78 is 5.27. The van der Waals surface area contributed by atoms with E-state index < -0.39 is 0 Å². The van der Waals surface area contributed by atoms with E-state index in [0.29, 0.717) is 31.0 Å². The second-order valence-electron chi connectivity index (χ2n) is 4.39. The van der Waals surface area contributed by atoms with Crippen molar-refractivity contribution in [3.8, 4) is 0 Å². The molecule has 0 bridgehead atoms. The third-order valence-electron chi connectivity index (χ3n) is 2.70. The van der Waals surface area contributed by atoms with Crippen LogP contribution in [0, 0.1) is 6.92 Å². The van der Waals surface area contributed by atoms with Crippen molar-refractivity contribution in [3.63, 3.8) is 0 Å². The maximum absolute atomic E-state index is 11.7. The van der Waals surface area contributed by atoms with Gasteiger partial charge in [-0.2, -0.15) is 0 Å². The van der Waals surface area contributed by atoms with Crippen molar-refractivity contribution >= 4 is 11.6 Å². The molecule has 0 aliphatic rings. The van der Waals surface area contributed by atoms with Crippen LogP contribution in [-0.2, 0) is 17.8 Å². The highest BCUT2D eigenvalue weighted by Gasteiger charge is 2.05. The zero-order valence-corrected chi connectivity index (χ0v) is 10.8. The number of hydrogen-bond acceptors (Lipinski definition) is 4. The van der Waals surface area contributed by atoms with E-state index in [1.54, 1.807) is 6.20 Å². The number of rotatable bonds is 5. The van der Waals surface area contributed by atoms with Crippen LogP contribution in [0.1, 0.15) is 23.6 Å². The topological polar surface area (TPSA) is 81.2 Å². The number of nitrogens with one attached hydrogen (secondary N) is 1. The van der Waals surface area contributed by atoms with Crippen LogP contribution >= 0.6 is 0 Å². The van der Waals surface area contributed by atoms with Crippen molar-refractivity contribution in [2.24, 2.45) is 0 Å². The first-order valence-electron chi connectivity index (χ1n) is 6.16. The van der Waals surface area contributed by atoms with Crippen LogP contribution in [0.5, 0.6) is 0 Å². The largest absolute Gasteiger partial charge is 0.444 e. The van der Waals surface area contributed by atoms with Gasteiger partial charge >= 0.3 is 0 Å². The molecule has 100 valence electrons. The van der Waals surface area contributed by atoms with Crippen molar-refractivity contribution in [3.05, 3.63) is 47.7 Å². The number of nitrogens with two attached hydrogens (primary N) is 1. The molecule has 0 radical (unpaired) electrons. The molecule has 0 saturated heterocycles. The number of nitrogens with zero attached hydrogens (tertiary/aromatic N) is 1. The Kier molecular flexibility index (Phi) is 4.18. The molecule has 19 heavy (non-hydrogen) atoms. The van der Waals surface area contributed by atoms with Gasteiger partial charge in [0.25, 0.3) is 0 Å². The number of nitrogen functional groups attached to an aromatic ring is 1. The standard InChI is InChI=1S/C14H17N3O2/c1-10-8-17-14(19-10)9-16-13(18)6-5-11-3-2-4-12(15)7-11/h2-4,7-8H,5-6,9,15H2,1H3,(H,16,18). The number of aryl methyl sites for hydroxylation is 2. The van der Waals surface area contributed by atoms with Gasteiger partial charge in [-0.3, -0.25) is 4.79 Å². The maximum Gasteiger partial charge on any atom is 0.220 e. The lowest BCUT2D eigenvalue weighted by Crippen LogP contribution is -2.23. The molecule has 2 aromatic rings. The van der Waals surface area contributed by atoms with E-state index in [0.717, 1.165) is 11.3 Å². The molecule has 0 unspecified atom stereocenters. The molecule has 1 heterocycles. The molecule has 0 saturated carbocycles. The molecule has 1 amide bonds. The molecule has 0 aliphatic heterocycles. The zero-order valence-electron chi connectivity index (χ0n) is 10.8. The number of hydrogen-bond donors (Lipinski definition) is 2. The van der Waals surface area contributed by atoms with E-state index in [2.05, 4.69) is 10.3 Å². The first kappa shape index (κ1) is 13.1. The molecule has 5 heteroatoms. The fraction of sp³-hybridized carbons (Fsp3) is 0.286. The molecule has 0 atom stereocenters. The summed E-state index contributed by atoms with van der Waals surface area (Å²) in [5.41, 5.74) is 7.45. The van der Waals surface area contributed by atoms with Gasteiger partial charge in [-0.15, -0.1) is 0 Å². The normalized spacial score (nSPS) is 10.4. The Balaban J connectivity index is 1.75. The van der Waals surface area contributed by atoms with Crippen LogP contribution < -0.4 is 11.1 Å². The lowest BCUT2D eigenvalue weighted by atomic mass is 10.1. The molecule has 1 aromatic heterocycles. The van der Waals surface area contributed by atoms with Gasteiger partial charge in [0.1, 0.15) is 5.76 Å². The molecule has 2 rings (SSSR count). The summed E-state index contributed by atoms with van der Waals surface area (Å²) in [6.07, 6.45) is 2.72. The smallest absolute Gasteiger partial charge is 0.220 e. The van der Waals surface area contributed by atoms with Gasteiger partial charge in [0.2, 0.25) is 11.8 Å². The molecule has 1 aromatic carbocycles. The van der Waals surface area contributed by atoms with Crippen LogP contribution in [-0.4, -0.2) is 10.9 Å². The molecule has 5 nitrogen and oxygen atoms in total. The van der Waals surface area contributed by atoms with Crippen molar-refractivity contribution in [1.82, 2.24) is 10.3 Å². The Morgan fingerprint density at radius 1 is 1.47 bits per heavy atom. The van der Waals surface area contributed by atoms with Gasteiger partial charge < -0.3 is 15.5 Å². The first-order chi connectivity index (χ1) is 9.13. The number of amides is 1. The van der Waals surface area contributed by atoms with Crippen molar-refractivity contribution < 1.29 is 9.21 Å². The predicted molar refractivity (Wildman–Crippen MR) is 72.3 cm³/mol. The van der Waals surface area contributed by atoms with Gasteiger partial charge in [-0.25, -0.2) is 4.98 Å². The van der Waals surface area contributed by atoms with Crippen molar-refractivity contribution in [2.45, 2.75) is 26.3 Å². The van der Waals surface area contributed by atoms with E-state index in [1.165, 1.54) is 0 Å². The van der Waals surface area contributed by atoms with E-state index in [4.69, 9.17) is 10.2 Å². The van der Waals surface area contributed by atoms with Crippen LogP contribution in [0.25, 0.3) is 0 Å². The minimum atomic E-state index is -0.0294. The van der Waals surface area contributed by atoms with Crippen molar-refractivity contribution in [2.75, 3.05) is 5.73 Å². The number of benzene rings is 1. The average Bonchev–Trinajstić information content (AvgIpc) is 2.80. The second-order valence-corrected chi connectivity index (χ2v) is 4.39. The van der Waals surface area contributed by atoms with Crippen LogP contribution in [0.3, 0.4) is 0 Å². The number of anilines is 1. The quantitative estimate of drug-likeness (QED) is 0.802.